The summed E-state index contributed by atoms with van der Waals surface area (Å²) in [5.41, 5.74) is 5.12. The topological polar surface area (TPSA) is 27.7 Å². The number of hydrogen-bond acceptors (Lipinski definition) is 3. The first-order valence-electron chi connectivity index (χ1n) is 16.5. The number of fused-ring (bicyclic) bond motifs is 2. The van der Waals surface area contributed by atoms with Crippen LogP contribution >= 0.6 is 0 Å². The molecule has 0 aliphatic carbocycles. The summed E-state index contributed by atoms with van der Waals surface area (Å²) in [6.07, 6.45) is 0. The first-order chi connectivity index (χ1) is 22.2. The Morgan fingerprint density at radius 1 is 0.340 bits per heavy atom. The van der Waals surface area contributed by atoms with Gasteiger partial charge in [0.2, 0.25) is 0 Å². The lowest BCUT2D eigenvalue weighted by atomic mass is 9.82. The van der Waals surface area contributed by atoms with Gasteiger partial charge in [-0.3, -0.25) is 0 Å². The van der Waals surface area contributed by atoms with Crippen molar-refractivity contribution < 1.29 is 14.2 Å². The Hall–Kier alpha value is -4.76. The average Bonchev–Trinajstić information content (AvgIpc) is 2.98. The largest absolute Gasteiger partial charge is 0.488 e. The SMILES string of the molecule is CC(C)(C)Oc1ccccc1-c1cc2cc3ccccc3cc2c(-c2ccccc2OC(C)(C)C)c1-c1ccccc1OC(C)(C)C. The van der Waals surface area contributed by atoms with Gasteiger partial charge in [-0.25, -0.2) is 0 Å². The summed E-state index contributed by atoms with van der Waals surface area (Å²) in [6.45, 7) is 18.8. The van der Waals surface area contributed by atoms with E-state index in [1.54, 1.807) is 0 Å². The third-order valence-electron chi connectivity index (χ3n) is 7.74. The van der Waals surface area contributed by atoms with Crippen molar-refractivity contribution in [2.75, 3.05) is 0 Å². The Bertz CT molecular complexity index is 2070. The van der Waals surface area contributed by atoms with E-state index < -0.39 is 11.2 Å². The number of para-hydroxylation sites is 3. The van der Waals surface area contributed by atoms with Crippen molar-refractivity contribution in [3.8, 4) is 50.6 Å². The van der Waals surface area contributed by atoms with Gasteiger partial charge in [-0.15, -0.1) is 0 Å². The summed E-state index contributed by atoms with van der Waals surface area (Å²) in [5, 5.41) is 4.67. The van der Waals surface area contributed by atoms with Gasteiger partial charge >= 0.3 is 0 Å². The highest BCUT2D eigenvalue weighted by atomic mass is 16.5. The zero-order valence-corrected chi connectivity index (χ0v) is 29.2. The normalized spacial score (nSPS) is 12.4. The van der Waals surface area contributed by atoms with Crippen LogP contribution in [0.25, 0.3) is 54.9 Å². The van der Waals surface area contributed by atoms with Crippen molar-refractivity contribution >= 4 is 21.5 Å². The molecule has 0 atom stereocenters. The van der Waals surface area contributed by atoms with Gasteiger partial charge in [-0.05, 0) is 126 Å². The van der Waals surface area contributed by atoms with Crippen molar-refractivity contribution in [1.82, 2.24) is 0 Å². The van der Waals surface area contributed by atoms with Gasteiger partial charge in [0.05, 0.1) is 0 Å². The molecular formula is C44H46O3. The Balaban J connectivity index is 1.84. The van der Waals surface area contributed by atoms with Gasteiger partial charge < -0.3 is 14.2 Å². The molecule has 0 heterocycles. The van der Waals surface area contributed by atoms with Crippen molar-refractivity contribution in [3.63, 3.8) is 0 Å². The molecule has 240 valence electrons. The molecule has 0 spiro atoms. The van der Waals surface area contributed by atoms with E-state index in [0.717, 1.165) is 61.4 Å². The van der Waals surface area contributed by atoms with Gasteiger partial charge in [-0.2, -0.15) is 0 Å². The molecule has 0 saturated heterocycles. The second kappa shape index (κ2) is 12.1. The van der Waals surface area contributed by atoms with E-state index in [9.17, 15) is 0 Å². The zero-order chi connectivity index (χ0) is 33.6. The fourth-order valence-electron chi connectivity index (χ4n) is 6.15. The second-order valence-electron chi connectivity index (χ2n) is 15.2. The van der Waals surface area contributed by atoms with E-state index in [4.69, 9.17) is 14.2 Å². The van der Waals surface area contributed by atoms with Crippen molar-refractivity contribution in [1.29, 1.82) is 0 Å². The molecule has 3 nitrogen and oxygen atoms in total. The number of hydrogen-bond donors (Lipinski definition) is 0. The Kier molecular flexibility index (Phi) is 8.30. The van der Waals surface area contributed by atoms with Crippen LogP contribution in [0.5, 0.6) is 17.2 Å². The Morgan fingerprint density at radius 3 is 1.21 bits per heavy atom. The maximum atomic E-state index is 6.71. The van der Waals surface area contributed by atoms with Gasteiger partial charge in [0, 0.05) is 27.8 Å². The van der Waals surface area contributed by atoms with E-state index in [0.29, 0.717) is 0 Å². The first-order valence-corrected chi connectivity index (χ1v) is 16.5. The summed E-state index contributed by atoms with van der Waals surface area (Å²) in [4.78, 5) is 0. The third kappa shape index (κ3) is 7.15. The lowest BCUT2D eigenvalue weighted by Crippen LogP contribution is -2.23. The van der Waals surface area contributed by atoms with E-state index in [2.05, 4.69) is 165 Å². The Labute approximate surface area is 280 Å². The minimum absolute atomic E-state index is 0.382. The van der Waals surface area contributed by atoms with Crippen LogP contribution in [0.1, 0.15) is 62.3 Å². The van der Waals surface area contributed by atoms with Gasteiger partial charge in [0.25, 0.3) is 0 Å². The maximum absolute atomic E-state index is 6.71. The highest BCUT2D eigenvalue weighted by molar-refractivity contribution is 6.15. The van der Waals surface area contributed by atoms with Crippen LogP contribution in [0.15, 0.2) is 115 Å². The molecule has 6 aromatic rings. The zero-order valence-electron chi connectivity index (χ0n) is 29.2. The van der Waals surface area contributed by atoms with Gasteiger partial charge in [0.1, 0.15) is 34.1 Å². The van der Waals surface area contributed by atoms with E-state index in [1.807, 2.05) is 12.1 Å². The van der Waals surface area contributed by atoms with E-state index >= 15 is 0 Å². The van der Waals surface area contributed by atoms with Crippen LogP contribution in [-0.4, -0.2) is 16.8 Å². The van der Waals surface area contributed by atoms with Crippen molar-refractivity contribution in [2.24, 2.45) is 0 Å². The van der Waals surface area contributed by atoms with Crippen molar-refractivity contribution in [2.45, 2.75) is 79.1 Å². The molecule has 0 fully saturated rings. The average molecular weight is 623 g/mol. The molecular weight excluding hydrogens is 576 g/mol. The first kappa shape index (κ1) is 32.2. The minimum Gasteiger partial charge on any atom is -0.488 e. The lowest BCUT2D eigenvalue weighted by molar-refractivity contribution is 0.131. The number of ether oxygens (including phenoxy) is 3. The summed E-state index contributed by atoms with van der Waals surface area (Å²) < 4.78 is 20.1. The number of rotatable bonds is 6. The summed E-state index contributed by atoms with van der Waals surface area (Å²) in [6, 6.07) is 40.7. The summed E-state index contributed by atoms with van der Waals surface area (Å²) in [5.74, 6) is 2.49. The molecule has 6 rings (SSSR count). The second-order valence-corrected chi connectivity index (χ2v) is 15.2. The standard InChI is InChI=1S/C44H46O3/c1-42(2,3)45-37-23-15-12-20-32(37)36-28-31-26-29-18-10-11-19-30(29)27-35(31)40(33-21-13-16-24-38(33)46-43(4,5)6)41(36)34-22-14-17-25-39(34)47-44(7,8)9/h10-28H,1-9H3. The van der Waals surface area contributed by atoms with Gasteiger partial charge in [0.15, 0.2) is 0 Å². The fraction of sp³-hybridized carbons (Fsp3) is 0.273. The van der Waals surface area contributed by atoms with Crippen LogP contribution < -0.4 is 14.2 Å². The van der Waals surface area contributed by atoms with Crippen LogP contribution in [0.2, 0.25) is 0 Å². The van der Waals surface area contributed by atoms with Crippen LogP contribution in [0, 0.1) is 0 Å². The van der Waals surface area contributed by atoms with E-state index in [-0.39, 0.29) is 5.60 Å². The smallest absolute Gasteiger partial charge is 0.127 e. The molecule has 0 bridgehead atoms. The molecule has 3 heteroatoms. The molecule has 0 aliphatic rings. The van der Waals surface area contributed by atoms with Crippen LogP contribution in [-0.2, 0) is 0 Å². The predicted octanol–water partition coefficient (Wildman–Crippen LogP) is 12.5. The Morgan fingerprint density at radius 2 is 0.723 bits per heavy atom. The predicted molar refractivity (Wildman–Crippen MR) is 199 cm³/mol. The molecule has 47 heavy (non-hydrogen) atoms. The highest BCUT2D eigenvalue weighted by Gasteiger charge is 2.27. The molecule has 0 aromatic heterocycles. The minimum atomic E-state index is -0.399. The maximum Gasteiger partial charge on any atom is 0.127 e. The van der Waals surface area contributed by atoms with Gasteiger partial charge in [-0.1, -0.05) is 78.9 Å². The molecule has 0 saturated carbocycles. The van der Waals surface area contributed by atoms with Crippen LogP contribution in [0.4, 0.5) is 0 Å². The van der Waals surface area contributed by atoms with Crippen molar-refractivity contribution in [3.05, 3.63) is 115 Å². The number of benzene rings is 6. The van der Waals surface area contributed by atoms with E-state index in [1.165, 1.54) is 10.8 Å². The summed E-state index contributed by atoms with van der Waals surface area (Å²) >= 11 is 0. The molecule has 0 N–H and O–H groups in total. The molecule has 0 unspecified atom stereocenters. The molecule has 0 amide bonds. The third-order valence-corrected chi connectivity index (χ3v) is 7.74. The highest BCUT2D eigenvalue weighted by Crippen LogP contribution is 2.52. The molecule has 6 aromatic carbocycles. The monoisotopic (exact) mass is 622 g/mol. The molecule has 0 aliphatic heterocycles. The van der Waals surface area contributed by atoms with Crippen LogP contribution in [0.3, 0.4) is 0 Å². The molecule has 0 radical (unpaired) electrons. The lowest BCUT2D eigenvalue weighted by Gasteiger charge is -2.29. The summed E-state index contributed by atoms with van der Waals surface area (Å²) in [7, 11) is 0. The fourth-order valence-corrected chi connectivity index (χ4v) is 6.15. The quantitative estimate of drug-likeness (QED) is 0.173.